The summed E-state index contributed by atoms with van der Waals surface area (Å²) >= 11 is 0. The zero-order valence-corrected chi connectivity index (χ0v) is 13.5. The Hall–Kier alpha value is -3.16. The Morgan fingerprint density at radius 1 is 1.17 bits per heavy atom. The lowest BCUT2D eigenvalue weighted by Gasteiger charge is -2.07. The molecule has 0 fully saturated rings. The monoisotopic (exact) mass is 326 g/mol. The lowest BCUT2D eigenvalue weighted by molar-refractivity contribution is 0.400. The smallest absolute Gasteiger partial charge is 0.250 e. The third kappa shape index (κ3) is 4.19. The summed E-state index contributed by atoms with van der Waals surface area (Å²) in [5.74, 6) is 3.11. The molecule has 2 N–H and O–H groups in total. The van der Waals surface area contributed by atoms with Gasteiger partial charge in [0, 0.05) is 12.6 Å². The van der Waals surface area contributed by atoms with Crippen molar-refractivity contribution in [3.63, 3.8) is 0 Å². The Labute approximate surface area is 139 Å². The van der Waals surface area contributed by atoms with Crippen LogP contribution in [0.3, 0.4) is 0 Å². The topological polar surface area (TPSA) is 98.0 Å². The highest BCUT2D eigenvalue weighted by Crippen LogP contribution is 2.14. The maximum absolute atomic E-state index is 5.15. The van der Waals surface area contributed by atoms with Crippen molar-refractivity contribution in [1.82, 2.24) is 20.3 Å². The van der Waals surface area contributed by atoms with Crippen molar-refractivity contribution in [2.75, 3.05) is 24.3 Å². The van der Waals surface area contributed by atoms with Crippen LogP contribution in [0.2, 0.25) is 0 Å². The second-order valence-electron chi connectivity index (χ2n) is 5.14. The van der Waals surface area contributed by atoms with Crippen molar-refractivity contribution in [1.29, 1.82) is 0 Å². The standard InChI is InChI=1S/C16H18N6O2/c1-11-9-14(22-24-11)19-16-20-15(10-18-21-16)17-8-7-12-3-5-13(23-2)6-4-12/h3-6,9-10H,7-8H2,1-2H3,(H2,17,19,20,21,22). The Balaban J connectivity index is 1.54. The van der Waals surface area contributed by atoms with E-state index in [1.807, 2.05) is 31.2 Å². The Morgan fingerprint density at radius 3 is 2.71 bits per heavy atom. The van der Waals surface area contributed by atoms with Crippen LogP contribution in [0.25, 0.3) is 0 Å². The van der Waals surface area contributed by atoms with Gasteiger partial charge in [-0.05, 0) is 31.0 Å². The van der Waals surface area contributed by atoms with Crippen LogP contribution in [0.4, 0.5) is 17.6 Å². The van der Waals surface area contributed by atoms with E-state index in [9.17, 15) is 0 Å². The molecule has 3 rings (SSSR count). The highest BCUT2D eigenvalue weighted by molar-refractivity contribution is 5.48. The molecule has 124 valence electrons. The van der Waals surface area contributed by atoms with E-state index in [2.05, 4.69) is 31.0 Å². The number of nitrogens with one attached hydrogen (secondary N) is 2. The van der Waals surface area contributed by atoms with Crippen molar-refractivity contribution in [2.45, 2.75) is 13.3 Å². The highest BCUT2D eigenvalue weighted by atomic mass is 16.5. The van der Waals surface area contributed by atoms with Crippen LogP contribution in [0.5, 0.6) is 5.75 Å². The first kappa shape index (κ1) is 15.7. The highest BCUT2D eigenvalue weighted by Gasteiger charge is 2.04. The number of methoxy groups -OCH3 is 1. The molecule has 0 atom stereocenters. The fourth-order valence-corrected chi connectivity index (χ4v) is 2.11. The number of aryl methyl sites for hydroxylation is 1. The molecule has 24 heavy (non-hydrogen) atoms. The minimum absolute atomic E-state index is 0.359. The van der Waals surface area contributed by atoms with E-state index >= 15 is 0 Å². The van der Waals surface area contributed by atoms with E-state index in [0.717, 1.165) is 18.7 Å². The average molecular weight is 326 g/mol. The lowest BCUT2D eigenvalue weighted by atomic mass is 10.1. The molecule has 0 amide bonds. The van der Waals surface area contributed by atoms with Crippen molar-refractivity contribution in [3.05, 3.63) is 47.9 Å². The molecule has 1 aromatic carbocycles. The van der Waals surface area contributed by atoms with Gasteiger partial charge in [0.25, 0.3) is 0 Å². The first-order valence-corrected chi connectivity index (χ1v) is 7.50. The predicted molar refractivity (Wildman–Crippen MR) is 89.5 cm³/mol. The van der Waals surface area contributed by atoms with Gasteiger partial charge in [-0.2, -0.15) is 10.1 Å². The summed E-state index contributed by atoms with van der Waals surface area (Å²) in [4.78, 5) is 4.34. The molecule has 8 nitrogen and oxygen atoms in total. The third-order valence-corrected chi connectivity index (χ3v) is 3.31. The van der Waals surface area contributed by atoms with E-state index in [1.165, 1.54) is 5.56 Å². The van der Waals surface area contributed by atoms with E-state index in [4.69, 9.17) is 9.26 Å². The van der Waals surface area contributed by atoms with Crippen LogP contribution in [-0.2, 0) is 6.42 Å². The number of hydrogen-bond acceptors (Lipinski definition) is 8. The van der Waals surface area contributed by atoms with Gasteiger partial charge < -0.3 is 19.9 Å². The molecule has 0 saturated heterocycles. The van der Waals surface area contributed by atoms with Crippen LogP contribution in [0.1, 0.15) is 11.3 Å². The average Bonchev–Trinajstić information content (AvgIpc) is 3.01. The normalized spacial score (nSPS) is 10.4. The van der Waals surface area contributed by atoms with E-state index < -0.39 is 0 Å². The van der Waals surface area contributed by atoms with Crippen molar-refractivity contribution in [2.24, 2.45) is 0 Å². The Bertz CT molecular complexity index is 787. The molecule has 8 heteroatoms. The van der Waals surface area contributed by atoms with E-state index in [-0.39, 0.29) is 0 Å². The molecule has 0 aliphatic heterocycles. The second-order valence-corrected chi connectivity index (χ2v) is 5.14. The van der Waals surface area contributed by atoms with Crippen LogP contribution < -0.4 is 15.4 Å². The van der Waals surface area contributed by atoms with Gasteiger partial charge in [0.1, 0.15) is 11.5 Å². The maximum Gasteiger partial charge on any atom is 0.250 e. The number of ether oxygens (including phenoxy) is 1. The maximum atomic E-state index is 5.15. The quantitative estimate of drug-likeness (QED) is 0.683. The van der Waals surface area contributed by atoms with Gasteiger partial charge in [0.05, 0.1) is 13.3 Å². The van der Waals surface area contributed by atoms with Crippen LogP contribution in [0, 0.1) is 6.92 Å². The van der Waals surface area contributed by atoms with Gasteiger partial charge in [0.2, 0.25) is 5.95 Å². The number of rotatable bonds is 7. The summed E-state index contributed by atoms with van der Waals surface area (Å²) < 4.78 is 10.1. The second kappa shape index (κ2) is 7.40. The number of anilines is 3. The first-order chi connectivity index (χ1) is 11.7. The van der Waals surface area contributed by atoms with Crippen molar-refractivity contribution in [3.8, 4) is 5.75 Å². The molecule has 0 unspecified atom stereocenters. The molecule has 2 aromatic heterocycles. The van der Waals surface area contributed by atoms with E-state index in [1.54, 1.807) is 19.4 Å². The SMILES string of the molecule is COc1ccc(CCNc2cnnc(Nc3cc(C)on3)n2)cc1. The van der Waals surface area contributed by atoms with Gasteiger partial charge in [0.15, 0.2) is 11.6 Å². The summed E-state index contributed by atoms with van der Waals surface area (Å²) in [5, 5.41) is 17.8. The molecule has 0 bridgehead atoms. The zero-order valence-electron chi connectivity index (χ0n) is 13.5. The molecular formula is C16H18N6O2. The Kier molecular flexibility index (Phi) is 4.85. The molecule has 0 aliphatic carbocycles. The number of nitrogens with zero attached hydrogens (tertiary/aromatic N) is 4. The summed E-state index contributed by atoms with van der Waals surface area (Å²) in [6.45, 7) is 2.54. The predicted octanol–water partition coefficient (Wildman–Crippen LogP) is 2.57. The van der Waals surface area contributed by atoms with Crippen molar-refractivity contribution >= 4 is 17.6 Å². The van der Waals surface area contributed by atoms with Gasteiger partial charge in [-0.1, -0.05) is 17.3 Å². The summed E-state index contributed by atoms with van der Waals surface area (Å²) in [7, 11) is 1.66. The zero-order chi connectivity index (χ0) is 16.8. The molecule has 2 heterocycles. The van der Waals surface area contributed by atoms with Crippen molar-refractivity contribution < 1.29 is 9.26 Å². The van der Waals surface area contributed by atoms with Gasteiger partial charge in [-0.25, -0.2) is 0 Å². The molecular weight excluding hydrogens is 308 g/mol. The fraction of sp³-hybridized carbons (Fsp3) is 0.250. The number of aromatic nitrogens is 4. The number of benzene rings is 1. The molecule has 3 aromatic rings. The van der Waals surface area contributed by atoms with Crippen LogP contribution in [-0.4, -0.2) is 34.0 Å². The van der Waals surface area contributed by atoms with Gasteiger partial charge >= 0.3 is 0 Å². The van der Waals surface area contributed by atoms with Crippen LogP contribution >= 0.6 is 0 Å². The minimum atomic E-state index is 0.359. The third-order valence-electron chi connectivity index (χ3n) is 3.31. The van der Waals surface area contributed by atoms with E-state index in [0.29, 0.717) is 23.3 Å². The van der Waals surface area contributed by atoms with Gasteiger partial charge in [-0.15, -0.1) is 5.10 Å². The lowest BCUT2D eigenvalue weighted by Crippen LogP contribution is -2.08. The first-order valence-electron chi connectivity index (χ1n) is 7.50. The van der Waals surface area contributed by atoms with Crippen LogP contribution in [0.15, 0.2) is 41.1 Å². The minimum Gasteiger partial charge on any atom is -0.497 e. The Morgan fingerprint density at radius 2 is 2.00 bits per heavy atom. The summed E-state index contributed by atoms with van der Waals surface area (Å²) in [5.41, 5.74) is 1.21. The summed E-state index contributed by atoms with van der Waals surface area (Å²) in [6.07, 6.45) is 2.44. The molecule has 0 saturated carbocycles. The summed E-state index contributed by atoms with van der Waals surface area (Å²) in [6, 6.07) is 9.73. The fourth-order valence-electron chi connectivity index (χ4n) is 2.11. The largest absolute Gasteiger partial charge is 0.497 e. The van der Waals surface area contributed by atoms with Gasteiger partial charge in [-0.3, -0.25) is 0 Å². The number of hydrogen-bond donors (Lipinski definition) is 2. The molecule has 0 spiro atoms. The molecule has 0 aliphatic rings. The molecule has 0 radical (unpaired) electrons.